The average Bonchev–Trinajstić information content (AvgIpc) is 2.50. The molecule has 1 saturated heterocycles. The molecule has 6 nitrogen and oxygen atoms in total. The van der Waals surface area contributed by atoms with Crippen LogP contribution in [0.25, 0.3) is 0 Å². The van der Waals surface area contributed by atoms with E-state index in [-0.39, 0.29) is 29.0 Å². The number of anilines is 1. The Morgan fingerprint density at radius 3 is 3.00 bits per heavy atom. The second-order valence-electron chi connectivity index (χ2n) is 4.88. The first-order valence-electron chi connectivity index (χ1n) is 6.61. The van der Waals surface area contributed by atoms with Crippen LogP contribution in [-0.2, 0) is 9.59 Å². The molecule has 1 aromatic heterocycles. The number of amides is 2. The predicted molar refractivity (Wildman–Crippen MR) is 82.9 cm³/mol. The largest absolute Gasteiger partial charge is 0.338 e. The van der Waals surface area contributed by atoms with Crippen LogP contribution < -0.4 is 10.9 Å². The summed E-state index contributed by atoms with van der Waals surface area (Å²) in [5.41, 5.74) is -0.164. The molecular weight excluding hydrogens is 338 g/mol. The van der Waals surface area contributed by atoms with Gasteiger partial charge in [-0.2, -0.15) is 0 Å². The molecule has 1 aliphatic rings. The Kier molecular flexibility index (Phi) is 4.95. The van der Waals surface area contributed by atoms with Gasteiger partial charge in [-0.25, -0.2) is 0 Å². The van der Waals surface area contributed by atoms with E-state index in [1.165, 1.54) is 12.3 Å². The Balaban J connectivity index is 2.06. The van der Waals surface area contributed by atoms with Crippen LogP contribution in [0.5, 0.6) is 0 Å². The lowest BCUT2D eigenvalue weighted by atomic mass is 9.97. The van der Waals surface area contributed by atoms with Crippen LogP contribution in [0.4, 0.5) is 5.69 Å². The number of nitrogens with one attached hydrogen (secondary N) is 2. The third-order valence-electron chi connectivity index (χ3n) is 3.40. The molecule has 2 N–H and O–H groups in total. The molecular formula is C14H16BrN3O3. The fourth-order valence-corrected chi connectivity index (χ4v) is 2.65. The maximum atomic E-state index is 12.2. The van der Waals surface area contributed by atoms with E-state index in [9.17, 15) is 14.4 Å². The van der Waals surface area contributed by atoms with Gasteiger partial charge in [0.1, 0.15) is 5.69 Å². The lowest BCUT2D eigenvalue weighted by Gasteiger charge is -2.31. The summed E-state index contributed by atoms with van der Waals surface area (Å²) in [5.74, 6) is -0.742. The highest BCUT2D eigenvalue weighted by Crippen LogP contribution is 2.19. The molecule has 1 aliphatic heterocycles. The number of likely N-dealkylation sites (tertiary alicyclic amines) is 1. The van der Waals surface area contributed by atoms with Gasteiger partial charge in [0.15, 0.2) is 0 Å². The van der Waals surface area contributed by atoms with Crippen molar-refractivity contribution < 1.29 is 9.59 Å². The van der Waals surface area contributed by atoms with E-state index in [0.717, 1.165) is 6.42 Å². The number of halogens is 1. The molecule has 2 rings (SSSR count). The summed E-state index contributed by atoms with van der Waals surface area (Å²) in [6.07, 6.45) is 4.20. The monoisotopic (exact) mass is 353 g/mol. The quantitative estimate of drug-likeness (QED) is 0.807. The van der Waals surface area contributed by atoms with Gasteiger partial charge in [-0.3, -0.25) is 14.4 Å². The fourth-order valence-electron chi connectivity index (χ4n) is 2.31. The van der Waals surface area contributed by atoms with Crippen molar-refractivity contribution in [3.05, 3.63) is 39.7 Å². The minimum atomic E-state index is -0.360. The number of piperidine rings is 1. The van der Waals surface area contributed by atoms with Gasteiger partial charge in [0.05, 0.1) is 5.92 Å². The molecule has 0 spiro atoms. The summed E-state index contributed by atoms with van der Waals surface area (Å²) >= 11 is 3.23. The average molecular weight is 354 g/mol. The second-order valence-corrected chi connectivity index (χ2v) is 5.79. The molecule has 1 unspecified atom stereocenters. The molecule has 0 radical (unpaired) electrons. The number of rotatable bonds is 3. The molecule has 1 aromatic rings. The zero-order chi connectivity index (χ0) is 15.4. The van der Waals surface area contributed by atoms with Crippen LogP contribution in [0.2, 0.25) is 0 Å². The number of aromatic amines is 1. The minimum Gasteiger partial charge on any atom is -0.338 e. The molecule has 0 bridgehead atoms. The van der Waals surface area contributed by atoms with Gasteiger partial charge in [0.2, 0.25) is 11.8 Å². The number of H-pyrrole nitrogens is 1. The summed E-state index contributed by atoms with van der Waals surface area (Å²) < 4.78 is 0.671. The van der Waals surface area contributed by atoms with E-state index in [1.807, 2.05) is 0 Å². The number of hydrogen-bond donors (Lipinski definition) is 2. The molecule has 0 aromatic carbocycles. The van der Waals surface area contributed by atoms with Crippen molar-refractivity contribution in [3.8, 4) is 0 Å². The summed E-state index contributed by atoms with van der Waals surface area (Å²) in [7, 11) is 0. The first-order valence-corrected chi connectivity index (χ1v) is 7.41. The number of carbonyl (C=O) groups excluding carboxylic acids is 2. The predicted octanol–water partition coefficient (Wildman–Crippen LogP) is 1.50. The van der Waals surface area contributed by atoms with Gasteiger partial charge in [0, 0.05) is 23.8 Å². The topological polar surface area (TPSA) is 82.3 Å². The molecule has 112 valence electrons. The molecule has 0 aliphatic carbocycles. The fraction of sp³-hybridized carbons (Fsp3) is 0.357. The van der Waals surface area contributed by atoms with E-state index in [2.05, 4.69) is 32.8 Å². The van der Waals surface area contributed by atoms with Crippen LogP contribution in [-0.4, -0.2) is 34.8 Å². The Bertz CT molecular complexity index is 626. The van der Waals surface area contributed by atoms with Gasteiger partial charge in [-0.1, -0.05) is 6.58 Å². The van der Waals surface area contributed by atoms with E-state index >= 15 is 0 Å². The van der Waals surface area contributed by atoms with Gasteiger partial charge < -0.3 is 15.2 Å². The molecule has 1 atom stereocenters. The number of pyridine rings is 1. The number of nitrogens with zero attached hydrogens (tertiary/aromatic N) is 1. The van der Waals surface area contributed by atoms with Crippen molar-refractivity contribution in [2.45, 2.75) is 12.8 Å². The smallest absolute Gasteiger partial charge is 0.271 e. The summed E-state index contributed by atoms with van der Waals surface area (Å²) in [6, 6.07) is 1.55. The number of carbonyl (C=O) groups is 2. The lowest BCUT2D eigenvalue weighted by molar-refractivity contribution is -0.130. The molecule has 1 fully saturated rings. The van der Waals surface area contributed by atoms with Crippen LogP contribution >= 0.6 is 15.9 Å². The Labute approximate surface area is 130 Å². The van der Waals surface area contributed by atoms with Crippen molar-refractivity contribution in [1.29, 1.82) is 0 Å². The Hall–Kier alpha value is -1.89. The van der Waals surface area contributed by atoms with E-state index < -0.39 is 0 Å². The van der Waals surface area contributed by atoms with Crippen molar-refractivity contribution in [2.75, 3.05) is 18.4 Å². The highest BCUT2D eigenvalue weighted by molar-refractivity contribution is 9.10. The molecule has 0 saturated carbocycles. The third kappa shape index (κ3) is 3.81. The van der Waals surface area contributed by atoms with E-state index in [1.54, 1.807) is 11.0 Å². The first-order chi connectivity index (χ1) is 10.0. The van der Waals surface area contributed by atoms with Gasteiger partial charge in [0.25, 0.3) is 5.56 Å². The van der Waals surface area contributed by atoms with Crippen LogP contribution in [0, 0.1) is 5.92 Å². The lowest BCUT2D eigenvalue weighted by Crippen LogP contribution is -2.43. The Morgan fingerprint density at radius 2 is 2.29 bits per heavy atom. The van der Waals surface area contributed by atoms with Crippen LogP contribution in [0.3, 0.4) is 0 Å². The highest BCUT2D eigenvalue weighted by Gasteiger charge is 2.27. The van der Waals surface area contributed by atoms with Gasteiger partial charge in [-0.05, 0) is 40.9 Å². The van der Waals surface area contributed by atoms with Crippen molar-refractivity contribution in [1.82, 2.24) is 9.88 Å². The number of hydrogen-bond acceptors (Lipinski definition) is 3. The van der Waals surface area contributed by atoms with E-state index in [0.29, 0.717) is 24.0 Å². The SMILES string of the molecule is C=CC(=O)N1CCCC(C(=O)Nc2cc(Br)c[nH]c2=O)C1. The van der Waals surface area contributed by atoms with Gasteiger partial charge >= 0.3 is 0 Å². The first kappa shape index (κ1) is 15.5. The summed E-state index contributed by atoms with van der Waals surface area (Å²) in [5, 5.41) is 2.62. The molecule has 2 heterocycles. The maximum absolute atomic E-state index is 12.2. The van der Waals surface area contributed by atoms with Crippen molar-refractivity contribution in [3.63, 3.8) is 0 Å². The molecule has 2 amide bonds. The molecule has 7 heteroatoms. The summed E-state index contributed by atoms with van der Waals surface area (Å²) in [4.78, 5) is 39.6. The van der Waals surface area contributed by atoms with Crippen molar-refractivity contribution >= 4 is 33.4 Å². The third-order valence-corrected chi connectivity index (χ3v) is 3.86. The maximum Gasteiger partial charge on any atom is 0.271 e. The van der Waals surface area contributed by atoms with E-state index in [4.69, 9.17) is 0 Å². The zero-order valence-corrected chi connectivity index (χ0v) is 13.0. The van der Waals surface area contributed by atoms with Crippen LogP contribution in [0.1, 0.15) is 12.8 Å². The minimum absolute atomic E-state index is 0.173. The second kappa shape index (κ2) is 6.71. The van der Waals surface area contributed by atoms with Gasteiger partial charge in [-0.15, -0.1) is 0 Å². The van der Waals surface area contributed by atoms with Crippen LogP contribution in [0.15, 0.2) is 34.2 Å². The number of aromatic nitrogens is 1. The molecule has 21 heavy (non-hydrogen) atoms. The van der Waals surface area contributed by atoms with Crippen molar-refractivity contribution in [2.24, 2.45) is 5.92 Å². The highest BCUT2D eigenvalue weighted by atomic mass is 79.9. The Morgan fingerprint density at radius 1 is 1.52 bits per heavy atom. The summed E-state index contributed by atoms with van der Waals surface area (Å²) in [6.45, 7) is 4.43. The normalized spacial score (nSPS) is 18.1. The standard InChI is InChI=1S/C14H16BrN3O3/c1-2-12(19)18-5-3-4-9(8-18)13(20)17-11-6-10(15)7-16-14(11)21/h2,6-7,9H,1,3-5,8H2,(H,16,21)(H,17,20). The zero-order valence-electron chi connectivity index (χ0n) is 11.4.